The summed E-state index contributed by atoms with van der Waals surface area (Å²) in [7, 11) is 0. The van der Waals surface area contributed by atoms with Gasteiger partial charge in [0.05, 0.1) is 0 Å². The van der Waals surface area contributed by atoms with Crippen molar-refractivity contribution >= 4 is 18.4 Å². The number of aryl methyl sites for hydroxylation is 1. The maximum atomic E-state index is 11.7. The first-order chi connectivity index (χ1) is 13.6. The number of likely N-dealkylation sites (tertiary alicyclic amines) is 1. The van der Waals surface area contributed by atoms with Crippen molar-refractivity contribution < 1.29 is 4.74 Å². The van der Waals surface area contributed by atoms with Crippen molar-refractivity contribution in [1.29, 1.82) is 0 Å². The number of anilines is 1. The van der Waals surface area contributed by atoms with Crippen LogP contribution in [0, 0.1) is 13.8 Å². The summed E-state index contributed by atoms with van der Waals surface area (Å²) in [5.41, 5.74) is 2.58. The van der Waals surface area contributed by atoms with E-state index in [9.17, 15) is 4.79 Å². The highest BCUT2D eigenvalue weighted by molar-refractivity contribution is 5.85. The van der Waals surface area contributed by atoms with E-state index in [0.717, 1.165) is 18.0 Å². The summed E-state index contributed by atoms with van der Waals surface area (Å²) in [6.07, 6.45) is 7.90. The number of hydrogen-bond donors (Lipinski definition) is 2. The zero-order chi connectivity index (χ0) is 19.8. The predicted octanol–water partition coefficient (Wildman–Crippen LogP) is 3.84. The molecule has 3 rings (SSSR count). The van der Waals surface area contributed by atoms with Crippen LogP contribution in [0.2, 0.25) is 0 Å². The molecule has 7 heteroatoms. The van der Waals surface area contributed by atoms with Gasteiger partial charge in [-0.2, -0.15) is 0 Å². The summed E-state index contributed by atoms with van der Waals surface area (Å²) < 4.78 is 5.84. The molecule has 1 aliphatic rings. The molecular formula is C22H31ClN4O2. The third kappa shape index (κ3) is 7.22. The first kappa shape index (κ1) is 23.0. The summed E-state index contributed by atoms with van der Waals surface area (Å²) in [5, 5.41) is 3.09. The van der Waals surface area contributed by atoms with E-state index in [4.69, 9.17) is 4.74 Å². The monoisotopic (exact) mass is 418 g/mol. The van der Waals surface area contributed by atoms with Gasteiger partial charge in [0.15, 0.2) is 0 Å². The van der Waals surface area contributed by atoms with Crippen LogP contribution in [0.4, 0.5) is 5.95 Å². The fourth-order valence-electron chi connectivity index (χ4n) is 3.29. The number of hydrogen-bond acceptors (Lipinski definition) is 5. The molecule has 1 aromatic heterocycles. The van der Waals surface area contributed by atoms with Gasteiger partial charge in [-0.05, 0) is 63.6 Å². The number of nitrogens with one attached hydrogen (secondary N) is 2. The van der Waals surface area contributed by atoms with E-state index in [1.165, 1.54) is 37.9 Å². The maximum absolute atomic E-state index is 11.7. The Bertz CT molecular complexity index is 860. The summed E-state index contributed by atoms with van der Waals surface area (Å²) >= 11 is 0. The van der Waals surface area contributed by atoms with Crippen LogP contribution in [0.3, 0.4) is 0 Å². The molecule has 0 bridgehead atoms. The Morgan fingerprint density at radius 3 is 2.76 bits per heavy atom. The highest BCUT2D eigenvalue weighted by Crippen LogP contribution is 2.17. The normalized spacial score (nSPS) is 14.6. The molecule has 0 saturated carbocycles. The number of benzene rings is 1. The fourth-order valence-corrected chi connectivity index (χ4v) is 3.29. The third-order valence-electron chi connectivity index (χ3n) is 5.05. The molecule has 2 aromatic rings. The number of piperidine rings is 1. The van der Waals surface area contributed by atoms with Crippen LogP contribution in [-0.2, 0) is 6.54 Å². The van der Waals surface area contributed by atoms with Gasteiger partial charge in [-0.1, -0.05) is 24.6 Å². The summed E-state index contributed by atoms with van der Waals surface area (Å²) in [4.78, 5) is 21.3. The Hall–Kier alpha value is -2.31. The smallest absolute Gasteiger partial charge is 0.255 e. The molecule has 0 atom stereocenters. The van der Waals surface area contributed by atoms with Crippen molar-refractivity contribution in [3.8, 4) is 5.75 Å². The zero-order valence-corrected chi connectivity index (χ0v) is 18.1. The molecule has 0 aliphatic carbocycles. The van der Waals surface area contributed by atoms with E-state index in [0.29, 0.717) is 24.7 Å². The summed E-state index contributed by atoms with van der Waals surface area (Å²) in [6.45, 7) is 8.07. The van der Waals surface area contributed by atoms with Gasteiger partial charge in [-0.15, -0.1) is 12.4 Å². The molecule has 1 aliphatic heterocycles. The molecule has 0 spiro atoms. The number of halogens is 1. The van der Waals surface area contributed by atoms with E-state index in [1.54, 1.807) is 6.92 Å². The Balaban J connectivity index is 0.00000300. The van der Waals surface area contributed by atoms with Gasteiger partial charge in [0, 0.05) is 24.3 Å². The lowest BCUT2D eigenvalue weighted by molar-refractivity contribution is 0.220. The molecule has 0 unspecified atom stereocenters. The van der Waals surface area contributed by atoms with Gasteiger partial charge in [0.1, 0.15) is 12.4 Å². The largest absolute Gasteiger partial charge is 0.490 e. The number of H-pyrrole nitrogens is 1. The van der Waals surface area contributed by atoms with Crippen LogP contribution < -0.4 is 15.6 Å². The molecule has 29 heavy (non-hydrogen) atoms. The minimum absolute atomic E-state index is 0. The molecule has 6 nitrogen and oxygen atoms in total. The number of aromatic nitrogens is 2. The molecule has 1 fully saturated rings. The minimum Gasteiger partial charge on any atom is -0.490 e. The lowest BCUT2D eigenvalue weighted by Crippen LogP contribution is -2.29. The Morgan fingerprint density at radius 2 is 2.00 bits per heavy atom. The lowest BCUT2D eigenvalue weighted by Gasteiger charge is -2.26. The van der Waals surface area contributed by atoms with Crippen LogP contribution in [0.25, 0.3) is 0 Å². The molecular weight excluding hydrogens is 388 g/mol. The molecule has 0 amide bonds. The first-order valence-electron chi connectivity index (χ1n) is 10.0. The number of ether oxygens (including phenoxy) is 1. The second-order valence-electron chi connectivity index (χ2n) is 7.27. The second kappa shape index (κ2) is 11.6. The van der Waals surface area contributed by atoms with Crippen molar-refractivity contribution in [3.05, 3.63) is 63.6 Å². The zero-order valence-electron chi connectivity index (χ0n) is 17.2. The average molecular weight is 419 g/mol. The molecule has 158 valence electrons. The number of aromatic amines is 1. The Kier molecular flexibility index (Phi) is 9.22. The third-order valence-corrected chi connectivity index (χ3v) is 5.05. The van der Waals surface area contributed by atoms with Crippen LogP contribution in [0.15, 0.2) is 41.2 Å². The van der Waals surface area contributed by atoms with Crippen molar-refractivity contribution in [2.75, 3.05) is 31.6 Å². The SMILES string of the molecule is Cc1nc(NC/C=C\COc2cccc(CN3CCCCC3)c2)[nH]c(=O)c1C.Cl. The van der Waals surface area contributed by atoms with E-state index in [1.807, 2.05) is 25.1 Å². The highest BCUT2D eigenvalue weighted by Gasteiger charge is 2.10. The van der Waals surface area contributed by atoms with Gasteiger partial charge in [0.2, 0.25) is 5.95 Å². The minimum atomic E-state index is -0.105. The quantitative estimate of drug-likeness (QED) is 0.637. The average Bonchev–Trinajstić information content (AvgIpc) is 2.70. The van der Waals surface area contributed by atoms with Crippen molar-refractivity contribution in [1.82, 2.24) is 14.9 Å². The van der Waals surface area contributed by atoms with Crippen molar-refractivity contribution in [2.24, 2.45) is 0 Å². The van der Waals surface area contributed by atoms with Gasteiger partial charge in [-0.3, -0.25) is 14.7 Å². The van der Waals surface area contributed by atoms with Gasteiger partial charge < -0.3 is 10.1 Å². The topological polar surface area (TPSA) is 70.2 Å². The lowest BCUT2D eigenvalue weighted by atomic mass is 10.1. The standard InChI is InChI=1S/C22H30N4O2.ClH/c1-17-18(2)24-22(25-21(17)27)23-11-4-7-14-28-20-10-8-9-19(15-20)16-26-12-5-3-6-13-26;/h4,7-10,15H,3,5-6,11-14,16H2,1-2H3,(H2,23,24,25,27);1H/b7-4-;. The molecule has 2 heterocycles. The highest BCUT2D eigenvalue weighted by atomic mass is 35.5. The number of rotatable bonds is 8. The number of nitrogens with zero attached hydrogens (tertiary/aromatic N) is 2. The van der Waals surface area contributed by atoms with Gasteiger partial charge in [0.25, 0.3) is 5.56 Å². The molecule has 2 N–H and O–H groups in total. The summed E-state index contributed by atoms with van der Waals surface area (Å²) in [5.74, 6) is 1.39. The molecule has 1 saturated heterocycles. The van der Waals surface area contributed by atoms with Crippen molar-refractivity contribution in [3.63, 3.8) is 0 Å². The van der Waals surface area contributed by atoms with Crippen LogP contribution in [0.5, 0.6) is 5.75 Å². The fraction of sp³-hybridized carbons (Fsp3) is 0.455. The van der Waals surface area contributed by atoms with Crippen LogP contribution >= 0.6 is 12.4 Å². The van der Waals surface area contributed by atoms with E-state index >= 15 is 0 Å². The van der Waals surface area contributed by atoms with E-state index < -0.39 is 0 Å². The maximum Gasteiger partial charge on any atom is 0.255 e. The van der Waals surface area contributed by atoms with Gasteiger partial charge in [-0.25, -0.2) is 4.98 Å². The van der Waals surface area contributed by atoms with Crippen LogP contribution in [0.1, 0.15) is 36.1 Å². The summed E-state index contributed by atoms with van der Waals surface area (Å²) in [6, 6.07) is 8.35. The molecule has 1 aromatic carbocycles. The Morgan fingerprint density at radius 1 is 1.21 bits per heavy atom. The Labute approximate surface area is 178 Å². The predicted molar refractivity (Wildman–Crippen MR) is 120 cm³/mol. The second-order valence-corrected chi connectivity index (χ2v) is 7.27. The van der Waals surface area contributed by atoms with Crippen molar-refractivity contribution in [2.45, 2.75) is 39.7 Å². The van der Waals surface area contributed by atoms with Crippen LogP contribution in [-0.4, -0.2) is 41.1 Å². The van der Waals surface area contributed by atoms with E-state index in [2.05, 4.69) is 38.4 Å². The molecule has 0 radical (unpaired) electrons. The van der Waals surface area contributed by atoms with Gasteiger partial charge >= 0.3 is 0 Å². The first-order valence-corrected chi connectivity index (χ1v) is 10.0. The van der Waals surface area contributed by atoms with E-state index in [-0.39, 0.29) is 18.0 Å².